The molecule has 5 heteroatoms. The number of hydrogen-bond acceptors (Lipinski definition) is 4. The van der Waals surface area contributed by atoms with Crippen LogP contribution in [0.3, 0.4) is 0 Å². The number of aliphatic hydroxyl groups excluding tert-OH is 1. The van der Waals surface area contributed by atoms with Crippen LogP contribution >= 0.6 is 11.8 Å². The van der Waals surface area contributed by atoms with Gasteiger partial charge in [-0.2, -0.15) is 0 Å². The Morgan fingerprint density at radius 2 is 2.08 bits per heavy atom. The van der Waals surface area contributed by atoms with Gasteiger partial charge in [0.15, 0.2) is 0 Å². The fourth-order valence-corrected chi connectivity index (χ4v) is 2.42. The van der Waals surface area contributed by atoms with Crippen molar-refractivity contribution in [3.8, 4) is 0 Å². The zero-order valence-corrected chi connectivity index (χ0v) is 8.18. The van der Waals surface area contributed by atoms with Crippen LogP contribution < -0.4 is 0 Å². The first-order valence-electron chi connectivity index (χ1n) is 4.27. The van der Waals surface area contributed by atoms with E-state index >= 15 is 0 Å². The van der Waals surface area contributed by atoms with E-state index in [1.165, 1.54) is 11.8 Å². The fraction of sp³-hybridized carbons (Fsp3) is 0.875. The first-order chi connectivity index (χ1) is 6.21. The number of rotatable bonds is 4. The van der Waals surface area contributed by atoms with Gasteiger partial charge in [0.05, 0.1) is 6.61 Å². The summed E-state index contributed by atoms with van der Waals surface area (Å²) in [7, 11) is 0. The van der Waals surface area contributed by atoms with Crippen molar-refractivity contribution >= 4 is 17.7 Å². The van der Waals surface area contributed by atoms with Crippen molar-refractivity contribution in [2.45, 2.75) is 17.6 Å². The molecule has 76 valence electrons. The molecule has 1 rings (SSSR count). The van der Waals surface area contributed by atoms with Gasteiger partial charge in [0.1, 0.15) is 4.75 Å². The molecule has 1 heterocycles. The number of ether oxygens (including phenoxy) is 1. The maximum atomic E-state index is 11.0. The summed E-state index contributed by atoms with van der Waals surface area (Å²) < 4.78 is 4.39. The normalized spacial score (nSPS) is 21.3. The molecule has 0 spiro atoms. The summed E-state index contributed by atoms with van der Waals surface area (Å²) >= 11 is 1.32. The number of hydrogen-bond donors (Lipinski definition) is 2. The van der Waals surface area contributed by atoms with Crippen molar-refractivity contribution in [3.05, 3.63) is 0 Å². The van der Waals surface area contributed by atoms with Crippen LogP contribution in [0, 0.1) is 0 Å². The zero-order chi connectivity index (χ0) is 9.73. The van der Waals surface area contributed by atoms with Gasteiger partial charge < -0.3 is 14.9 Å². The van der Waals surface area contributed by atoms with E-state index in [1.54, 1.807) is 0 Å². The predicted octanol–water partition coefficient (Wildman–Crippen LogP) is 0.346. The van der Waals surface area contributed by atoms with E-state index in [0.29, 0.717) is 31.8 Å². The number of carbonyl (C=O) groups is 1. The fourth-order valence-electron chi connectivity index (χ4n) is 1.36. The molecule has 1 aliphatic heterocycles. The van der Waals surface area contributed by atoms with Crippen molar-refractivity contribution in [2.24, 2.45) is 0 Å². The predicted molar refractivity (Wildman–Crippen MR) is 50.0 cm³/mol. The molecule has 1 fully saturated rings. The molecule has 0 aromatic carbocycles. The molecule has 2 N–H and O–H groups in total. The van der Waals surface area contributed by atoms with Gasteiger partial charge in [-0.25, -0.2) is 0 Å². The van der Waals surface area contributed by atoms with E-state index in [0.717, 1.165) is 0 Å². The molecule has 13 heavy (non-hydrogen) atoms. The van der Waals surface area contributed by atoms with Crippen LogP contribution in [0.15, 0.2) is 0 Å². The summed E-state index contributed by atoms with van der Waals surface area (Å²) in [6, 6.07) is 0. The van der Waals surface area contributed by atoms with Crippen molar-refractivity contribution < 1.29 is 19.7 Å². The molecule has 4 nitrogen and oxygen atoms in total. The van der Waals surface area contributed by atoms with Crippen LogP contribution in [0.1, 0.15) is 12.8 Å². The van der Waals surface area contributed by atoms with Gasteiger partial charge in [-0.1, -0.05) is 0 Å². The summed E-state index contributed by atoms with van der Waals surface area (Å²) in [5, 5.41) is 17.7. The third kappa shape index (κ3) is 2.59. The molecule has 0 aliphatic carbocycles. The van der Waals surface area contributed by atoms with Crippen LogP contribution in [-0.2, 0) is 9.53 Å². The molecule has 0 radical (unpaired) electrons. The number of carboxylic acids is 1. The lowest BCUT2D eigenvalue weighted by atomic mass is 9.99. The lowest BCUT2D eigenvalue weighted by molar-refractivity contribution is -0.142. The lowest BCUT2D eigenvalue weighted by Crippen LogP contribution is -2.41. The van der Waals surface area contributed by atoms with Crippen molar-refractivity contribution in [2.75, 3.05) is 25.6 Å². The smallest absolute Gasteiger partial charge is 0.319 e. The topological polar surface area (TPSA) is 66.8 Å². The first kappa shape index (κ1) is 10.8. The molecule has 1 saturated heterocycles. The molecule has 0 atom stereocenters. The highest BCUT2D eigenvalue weighted by molar-refractivity contribution is 8.01. The van der Waals surface area contributed by atoms with Crippen LogP contribution in [0.4, 0.5) is 0 Å². The van der Waals surface area contributed by atoms with E-state index in [2.05, 4.69) is 0 Å². The molecule has 0 amide bonds. The Kier molecular flexibility index (Phi) is 4.02. The molecular formula is C8H14O4S. The largest absolute Gasteiger partial charge is 0.480 e. The van der Waals surface area contributed by atoms with E-state index in [1.807, 2.05) is 0 Å². The second-order valence-electron chi connectivity index (χ2n) is 2.98. The molecule has 0 unspecified atom stereocenters. The van der Waals surface area contributed by atoms with E-state index in [9.17, 15) is 4.79 Å². The Balaban J connectivity index is 2.56. The monoisotopic (exact) mass is 206 g/mol. The summed E-state index contributed by atoms with van der Waals surface area (Å²) in [4.78, 5) is 11.0. The molecule has 0 saturated carbocycles. The average Bonchev–Trinajstić information content (AvgIpc) is 2.16. The number of carboxylic acid groups (broad SMARTS) is 1. The zero-order valence-electron chi connectivity index (χ0n) is 7.36. The minimum absolute atomic E-state index is 0.0283. The van der Waals surface area contributed by atoms with Gasteiger partial charge >= 0.3 is 5.97 Å². The second-order valence-corrected chi connectivity index (χ2v) is 4.46. The van der Waals surface area contributed by atoms with Crippen LogP contribution in [0.5, 0.6) is 0 Å². The molecule has 1 aliphatic rings. The van der Waals surface area contributed by atoms with Gasteiger partial charge in [0.25, 0.3) is 0 Å². The number of thioether (sulfide) groups is 1. The number of aliphatic carboxylic acids is 1. The Hall–Kier alpha value is -0.260. The van der Waals surface area contributed by atoms with Crippen molar-refractivity contribution in [1.29, 1.82) is 0 Å². The minimum Gasteiger partial charge on any atom is -0.480 e. The first-order valence-corrected chi connectivity index (χ1v) is 5.26. The van der Waals surface area contributed by atoms with Crippen molar-refractivity contribution in [3.63, 3.8) is 0 Å². The lowest BCUT2D eigenvalue weighted by Gasteiger charge is -2.32. The standard InChI is InChI=1S/C8H14O4S/c9-3-6-13-8(7(10)11)1-4-12-5-2-8/h9H,1-6H2,(H,10,11). The van der Waals surface area contributed by atoms with Gasteiger partial charge in [-0.3, -0.25) is 4.79 Å². The molecular weight excluding hydrogens is 192 g/mol. The van der Waals surface area contributed by atoms with Gasteiger partial charge in [0, 0.05) is 19.0 Å². The average molecular weight is 206 g/mol. The summed E-state index contributed by atoms with van der Waals surface area (Å²) in [6.45, 7) is 1.04. The summed E-state index contributed by atoms with van der Waals surface area (Å²) in [5.74, 6) is -0.305. The quantitative estimate of drug-likeness (QED) is 0.694. The summed E-state index contributed by atoms with van der Waals surface area (Å²) in [5.41, 5.74) is 0. The summed E-state index contributed by atoms with van der Waals surface area (Å²) in [6.07, 6.45) is 1.07. The maximum Gasteiger partial charge on any atom is 0.319 e. The van der Waals surface area contributed by atoms with Crippen molar-refractivity contribution in [1.82, 2.24) is 0 Å². The molecule has 0 aromatic rings. The third-order valence-corrected chi connectivity index (χ3v) is 3.68. The highest BCUT2D eigenvalue weighted by atomic mass is 32.2. The molecule has 0 bridgehead atoms. The van der Waals surface area contributed by atoms with Crippen LogP contribution in [-0.4, -0.2) is 46.5 Å². The Bertz CT molecular complexity index is 177. The minimum atomic E-state index is -0.783. The second kappa shape index (κ2) is 4.83. The van der Waals surface area contributed by atoms with E-state index in [4.69, 9.17) is 14.9 Å². The van der Waals surface area contributed by atoms with Gasteiger partial charge in [-0.15, -0.1) is 11.8 Å². The Morgan fingerprint density at radius 3 is 2.54 bits per heavy atom. The third-order valence-electron chi connectivity index (χ3n) is 2.16. The van der Waals surface area contributed by atoms with E-state index < -0.39 is 10.7 Å². The highest BCUT2D eigenvalue weighted by Gasteiger charge is 2.40. The maximum absolute atomic E-state index is 11.0. The van der Waals surface area contributed by atoms with Crippen LogP contribution in [0.25, 0.3) is 0 Å². The van der Waals surface area contributed by atoms with E-state index in [-0.39, 0.29) is 6.61 Å². The van der Waals surface area contributed by atoms with Crippen LogP contribution in [0.2, 0.25) is 0 Å². The number of aliphatic hydroxyl groups is 1. The Labute approximate surface area is 81.3 Å². The molecule has 0 aromatic heterocycles. The van der Waals surface area contributed by atoms with Gasteiger partial charge in [0.2, 0.25) is 0 Å². The Morgan fingerprint density at radius 1 is 1.46 bits per heavy atom. The highest BCUT2D eigenvalue weighted by Crippen LogP contribution is 2.35. The SMILES string of the molecule is O=C(O)C1(SCCO)CCOCC1. The van der Waals surface area contributed by atoms with Gasteiger partial charge in [-0.05, 0) is 12.8 Å².